The highest BCUT2D eigenvalue weighted by Crippen LogP contribution is 2.27. The van der Waals surface area contributed by atoms with E-state index in [0.717, 1.165) is 30.4 Å². The largest absolute Gasteiger partial charge is 0.393 e. The molecule has 0 amide bonds. The minimum atomic E-state index is -0.129. The van der Waals surface area contributed by atoms with Gasteiger partial charge in [-0.15, -0.1) is 0 Å². The van der Waals surface area contributed by atoms with E-state index in [2.05, 4.69) is 14.9 Å². The molecular formula is C15H19N3O2. The van der Waals surface area contributed by atoms with Gasteiger partial charge in [-0.05, 0) is 37.9 Å². The molecule has 5 nitrogen and oxygen atoms in total. The van der Waals surface area contributed by atoms with Crippen LogP contribution in [0.1, 0.15) is 18.5 Å². The Morgan fingerprint density at radius 1 is 1.40 bits per heavy atom. The number of hydrogen-bond acceptors (Lipinski definition) is 4. The van der Waals surface area contributed by atoms with Crippen LogP contribution in [0.25, 0.3) is 11.0 Å². The monoisotopic (exact) mass is 273 g/mol. The number of aromatic nitrogens is 2. The topological polar surface area (TPSA) is 69.2 Å². The summed E-state index contributed by atoms with van der Waals surface area (Å²) in [4.78, 5) is 21.4. The molecule has 2 N–H and O–H groups in total. The molecule has 1 aromatic heterocycles. The van der Waals surface area contributed by atoms with Gasteiger partial charge in [-0.1, -0.05) is 12.1 Å². The molecule has 1 heterocycles. The van der Waals surface area contributed by atoms with Crippen LogP contribution in [0.4, 0.5) is 0 Å². The molecule has 5 heteroatoms. The summed E-state index contributed by atoms with van der Waals surface area (Å²) in [6.45, 7) is 1.43. The van der Waals surface area contributed by atoms with Crippen LogP contribution < -0.4 is 5.56 Å². The maximum Gasteiger partial charge on any atom is 0.271 e. The number of benzene rings is 1. The molecule has 0 radical (unpaired) electrons. The molecule has 2 aromatic rings. The third-order valence-electron chi connectivity index (χ3n) is 3.87. The molecule has 1 aromatic carbocycles. The van der Waals surface area contributed by atoms with Crippen LogP contribution in [0.2, 0.25) is 0 Å². The van der Waals surface area contributed by atoms with Crippen molar-refractivity contribution in [3.8, 4) is 0 Å². The summed E-state index contributed by atoms with van der Waals surface area (Å²) in [6, 6.07) is 7.55. The highest BCUT2D eigenvalue weighted by Gasteiger charge is 2.28. The first-order valence-electron chi connectivity index (χ1n) is 6.96. The average Bonchev–Trinajstić information content (AvgIpc) is 2.38. The summed E-state index contributed by atoms with van der Waals surface area (Å²) in [5.74, 6) is 0.537. The van der Waals surface area contributed by atoms with Gasteiger partial charge in [0, 0.05) is 13.1 Å². The van der Waals surface area contributed by atoms with E-state index in [0.29, 0.717) is 18.2 Å². The van der Waals surface area contributed by atoms with E-state index >= 15 is 0 Å². The number of nitrogens with zero attached hydrogens (tertiary/aromatic N) is 2. The number of aliphatic hydroxyl groups is 1. The summed E-state index contributed by atoms with van der Waals surface area (Å²) in [6.07, 6.45) is 1.60. The predicted octanol–water partition coefficient (Wildman–Crippen LogP) is 1.13. The first kappa shape index (κ1) is 13.3. The number of aliphatic hydroxyl groups excluding tert-OH is 1. The highest BCUT2D eigenvalue weighted by molar-refractivity contribution is 5.73. The predicted molar refractivity (Wildman–Crippen MR) is 77.4 cm³/mol. The van der Waals surface area contributed by atoms with Gasteiger partial charge in [0.2, 0.25) is 0 Å². The fraction of sp³-hybridized carbons (Fsp3) is 0.467. The second-order valence-corrected chi connectivity index (χ2v) is 5.72. The second kappa shape index (κ2) is 5.34. The van der Waals surface area contributed by atoms with Crippen molar-refractivity contribution < 1.29 is 5.11 Å². The lowest BCUT2D eigenvalue weighted by Crippen LogP contribution is -2.37. The molecule has 3 rings (SSSR count). The van der Waals surface area contributed by atoms with E-state index in [4.69, 9.17) is 0 Å². The Balaban J connectivity index is 1.73. The van der Waals surface area contributed by atoms with Crippen molar-refractivity contribution >= 4 is 11.0 Å². The standard InChI is InChI=1S/C15H19N3O2/c1-18(8-10-6-11(19)7-10)9-14-15(20)17-13-5-3-2-4-12(13)16-14/h2-5,10-11,19H,6-9H2,1H3,(H,17,20). The van der Waals surface area contributed by atoms with Crippen molar-refractivity contribution in [3.05, 3.63) is 40.3 Å². The van der Waals surface area contributed by atoms with Gasteiger partial charge in [-0.3, -0.25) is 4.79 Å². The summed E-state index contributed by atoms with van der Waals surface area (Å²) >= 11 is 0. The van der Waals surface area contributed by atoms with Gasteiger partial charge in [0.1, 0.15) is 5.69 Å². The van der Waals surface area contributed by atoms with Crippen molar-refractivity contribution in [2.24, 2.45) is 5.92 Å². The van der Waals surface area contributed by atoms with Crippen molar-refractivity contribution in [2.75, 3.05) is 13.6 Å². The minimum absolute atomic E-state index is 0.121. The van der Waals surface area contributed by atoms with Crippen molar-refractivity contribution in [1.82, 2.24) is 14.9 Å². The Hall–Kier alpha value is -1.72. The molecule has 0 bridgehead atoms. The van der Waals surface area contributed by atoms with Crippen LogP contribution in [-0.2, 0) is 6.54 Å². The summed E-state index contributed by atoms with van der Waals surface area (Å²) in [5.41, 5.74) is 2.01. The lowest BCUT2D eigenvalue weighted by atomic mass is 9.82. The third kappa shape index (κ3) is 2.73. The van der Waals surface area contributed by atoms with Gasteiger partial charge in [0.25, 0.3) is 5.56 Å². The Morgan fingerprint density at radius 2 is 2.15 bits per heavy atom. The Morgan fingerprint density at radius 3 is 2.90 bits per heavy atom. The number of aromatic amines is 1. The van der Waals surface area contributed by atoms with Gasteiger partial charge < -0.3 is 15.0 Å². The van der Waals surface area contributed by atoms with Crippen molar-refractivity contribution in [3.63, 3.8) is 0 Å². The number of H-pyrrole nitrogens is 1. The smallest absolute Gasteiger partial charge is 0.271 e. The fourth-order valence-electron chi connectivity index (χ4n) is 2.79. The fourth-order valence-corrected chi connectivity index (χ4v) is 2.79. The zero-order valence-corrected chi connectivity index (χ0v) is 11.5. The van der Waals surface area contributed by atoms with Gasteiger partial charge in [-0.25, -0.2) is 4.98 Å². The van der Waals surface area contributed by atoms with Crippen LogP contribution in [0.5, 0.6) is 0 Å². The van der Waals surface area contributed by atoms with E-state index in [-0.39, 0.29) is 11.7 Å². The molecule has 0 aliphatic heterocycles. The van der Waals surface area contributed by atoms with E-state index in [9.17, 15) is 9.90 Å². The first-order valence-corrected chi connectivity index (χ1v) is 6.96. The van der Waals surface area contributed by atoms with E-state index in [1.54, 1.807) is 0 Å². The number of para-hydroxylation sites is 2. The van der Waals surface area contributed by atoms with Gasteiger partial charge in [0.05, 0.1) is 17.1 Å². The average molecular weight is 273 g/mol. The molecule has 1 aliphatic rings. The highest BCUT2D eigenvalue weighted by atomic mass is 16.3. The summed E-state index contributed by atoms with van der Waals surface area (Å²) < 4.78 is 0. The van der Waals surface area contributed by atoms with Gasteiger partial charge in [-0.2, -0.15) is 0 Å². The van der Waals surface area contributed by atoms with E-state index in [1.807, 2.05) is 31.3 Å². The zero-order chi connectivity index (χ0) is 14.1. The zero-order valence-electron chi connectivity index (χ0n) is 11.5. The lowest BCUT2D eigenvalue weighted by Gasteiger charge is -2.34. The number of hydrogen-bond donors (Lipinski definition) is 2. The molecule has 1 saturated carbocycles. The summed E-state index contributed by atoms with van der Waals surface area (Å²) in [7, 11) is 1.99. The molecule has 1 aliphatic carbocycles. The third-order valence-corrected chi connectivity index (χ3v) is 3.87. The summed E-state index contributed by atoms with van der Waals surface area (Å²) in [5, 5.41) is 9.30. The molecule has 1 fully saturated rings. The molecule has 0 spiro atoms. The SMILES string of the molecule is CN(Cc1nc2ccccc2[nH]c1=O)CC1CC(O)C1. The van der Waals surface area contributed by atoms with Crippen LogP contribution in [0, 0.1) is 5.92 Å². The number of nitrogens with one attached hydrogen (secondary N) is 1. The molecule has 0 saturated heterocycles. The van der Waals surface area contributed by atoms with Gasteiger partial charge in [0.15, 0.2) is 0 Å². The van der Waals surface area contributed by atoms with E-state index < -0.39 is 0 Å². The van der Waals surface area contributed by atoms with Crippen LogP contribution in [0.15, 0.2) is 29.1 Å². The van der Waals surface area contributed by atoms with Crippen LogP contribution in [0.3, 0.4) is 0 Å². The molecular weight excluding hydrogens is 254 g/mol. The second-order valence-electron chi connectivity index (χ2n) is 5.72. The molecule has 0 atom stereocenters. The molecule has 106 valence electrons. The van der Waals surface area contributed by atoms with Crippen LogP contribution in [-0.4, -0.2) is 39.7 Å². The Kier molecular flexibility index (Phi) is 3.54. The maximum absolute atomic E-state index is 12.0. The maximum atomic E-state index is 12.0. The number of rotatable bonds is 4. The quantitative estimate of drug-likeness (QED) is 0.876. The lowest BCUT2D eigenvalue weighted by molar-refractivity contribution is 0.0272. The molecule has 20 heavy (non-hydrogen) atoms. The van der Waals surface area contributed by atoms with Crippen molar-refractivity contribution in [2.45, 2.75) is 25.5 Å². The van der Waals surface area contributed by atoms with Gasteiger partial charge >= 0.3 is 0 Å². The normalized spacial score (nSPS) is 22.1. The Bertz CT molecular complexity index is 661. The Labute approximate surface area is 117 Å². The minimum Gasteiger partial charge on any atom is -0.393 e. The first-order chi connectivity index (χ1) is 9.61. The van der Waals surface area contributed by atoms with Crippen molar-refractivity contribution in [1.29, 1.82) is 0 Å². The van der Waals surface area contributed by atoms with Crippen LogP contribution >= 0.6 is 0 Å². The van der Waals surface area contributed by atoms with E-state index in [1.165, 1.54) is 0 Å². The molecule has 0 unspecified atom stereocenters. The number of fused-ring (bicyclic) bond motifs is 1.